The van der Waals surface area contributed by atoms with Crippen LogP contribution in [0.3, 0.4) is 0 Å². The normalized spacial score (nSPS) is 17.7. The highest BCUT2D eigenvalue weighted by molar-refractivity contribution is 7.10. The Hall–Kier alpha value is -2.34. The van der Waals surface area contributed by atoms with Crippen LogP contribution in [0, 0.1) is 0 Å². The van der Waals surface area contributed by atoms with Gasteiger partial charge in [-0.1, -0.05) is 37.5 Å². The van der Waals surface area contributed by atoms with Gasteiger partial charge in [-0.3, -0.25) is 9.59 Å². The molecule has 0 unspecified atom stereocenters. The number of carbonyl (C=O) groups excluding carboxylic acids is 2. The first kappa shape index (κ1) is 21.9. The van der Waals surface area contributed by atoms with Gasteiger partial charge in [-0.05, 0) is 61.7 Å². The van der Waals surface area contributed by atoms with Gasteiger partial charge in [0.25, 0.3) is 0 Å². The molecule has 1 aromatic heterocycles. The van der Waals surface area contributed by atoms with Crippen molar-refractivity contribution in [2.45, 2.75) is 76.4 Å². The number of rotatable bonds is 9. The summed E-state index contributed by atoms with van der Waals surface area (Å²) >= 11 is 1.59. The molecule has 2 saturated carbocycles. The fraction of sp³-hybridized carbons (Fsp3) is 0.520. The quantitative estimate of drug-likeness (QED) is 0.605. The van der Waals surface area contributed by atoms with Crippen molar-refractivity contribution in [3.8, 4) is 5.75 Å². The van der Waals surface area contributed by atoms with E-state index in [9.17, 15) is 9.59 Å². The lowest BCUT2D eigenvalue weighted by atomic mass is 9.94. The highest BCUT2D eigenvalue weighted by atomic mass is 32.1. The van der Waals surface area contributed by atoms with Gasteiger partial charge in [0.1, 0.15) is 11.8 Å². The first-order valence-electron chi connectivity index (χ1n) is 11.5. The summed E-state index contributed by atoms with van der Waals surface area (Å²) in [6.45, 7) is 2.55. The maximum Gasteiger partial charge on any atom is 0.247 e. The van der Waals surface area contributed by atoms with E-state index < -0.39 is 6.04 Å². The van der Waals surface area contributed by atoms with Crippen LogP contribution in [0.5, 0.6) is 5.75 Å². The number of benzene rings is 1. The van der Waals surface area contributed by atoms with Gasteiger partial charge in [0.15, 0.2) is 0 Å². The molecule has 0 radical (unpaired) electrons. The van der Waals surface area contributed by atoms with Crippen molar-refractivity contribution >= 4 is 23.2 Å². The molecule has 1 aromatic carbocycles. The van der Waals surface area contributed by atoms with Crippen molar-refractivity contribution < 1.29 is 14.3 Å². The zero-order valence-electron chi connectivity index (χ0n) is 18.2. The molecule has 2 aromatic rings. The van der Waals surface area contributed by atoms with Gasteiger partial charge in [0.05, 0.1) is 13.0 Å². The molecule has 0 aliphatic heterocycles. The van der Waals surface area contributed by atoms with Gasteiger partial charge >= 0.3 is 0 Å². The Kier molecular flexibility index (Phi) is 7.28. The predicted molar refractivity (Wildman–Crippen MR) is 123 cm³/mol. The van der Waals surface area contributed by atoms with E-state index in [-0.39, 0.29) is 23.9 Å². The molecule has 6 heteroatoms. The molecular weight excluding hydrogens is 408 g/mol. The average Bonchev–Trinajstić information content (AvgIpc) is 3.48. The van der Waals surface area contributed by atoms with Crippen molar-refractivity contribution in [1.82, 2.24) is 10.2 Å². The lowest BCUT2D eigenvalue weighted by Gasteiger charge is -2.33. The van der Waals surface area contributed by atoms with Crippen LogP contribution in [0.15, 0.2) is 41.8 Å². The van der Waals surface area contributed by atoms with Crippen molar-refractivity contribution in [2.75, 3.05) is 6.61 Å². The smallest absolute Gasteiger partial charge is 0.247 e. The largest absolute Gasteiger partial charge is 0.494 e. The van der Waals surface area contributed by atoms with Crippen LogP contribution < -0.4 is 10.1 Å². The maximum absolute atomic E-state index is 13.6. The predicted octanol–water partition coefficient (Wildman–Crippen LogP) is 4.87. The topological polar surface area (TPSA) is 58.6 Å². The van der Waals surface area contributed by atoms with Crippen molar-refractivity contribution in [2.24, 2.45) is 0 Å². The zero-order valence-corrected chi connectivity index (χ0v) is 19.0. The summed E-state index contributed by atoms with van der Waals surface area (Å²) in [6, 6.07) is 11.4. The molecular formula is C25H32N2O3S. The molecule has 1 heterocycles. The summed E-state index contributed by atoms with van der Waals surface area (Å²) in [5, 5.41) is 5.26. The van der Waals surface area contributed by atoms with E-state index in [1.807, 2.05) is 53.6 Å². The summed E-state index contributed by atoms with van der Waals surface area (Å²) < 4.78 is 5.58. The fourth-order valence-corrected chi connectivity index (χ4v) is 5.14. The van der Waals surface area contributed by atoms with Gasteiger partial charge in [-0.15, -0.1) is 11.3 Å². The third kappa shape index (κ3) is 5.67. The Morgan fingerprint density at radius 1 is 1.10 bits per heavy atom. The first-order valence-corrected chi connectivity index (χ1v) is 12.4. The number of hydrogen-bond acceptors (Lipinski definition) is 4. The van der Waals surface area contributed by atoms with Gasteiger partial charge in [0, 0.05) is 17.0 Å². The number of hydrogen-bond donors (Lipinski definition) is 1. The Morgan fingerprint density at radius 2 is 1.84 bits per heavy atom. The van der Waals surface area contributed by atoms with Crippen LogP contribution in [-0.4, -0.2) is 35.4 Å². The number of carbonyl (C=O) groups is 2. The third-order valence-corrected chi connectivity index (χ3v) is 7.00. The van der Waals surface area contributed by atoms with Crippen LogP contribution in [0.4, 0.5) is 0 Å². The monoisotopic (exact) mass is 440 g/mol. The van der Waals surface area contributed by atoms with Crippen molar-refractivity contribution in [3.63, 3.8) is 0 Å². The van der Waals surface area contributed by atoms with Crippen LogP contribution in [0.1, 0.15) is 68.4 Å². The summed E-state index contributed by atoms with van der Waals surface area (Å²) in [4.78, 5) is 29.9. The standard InChI is InChI=1S/C25H32N2O3S/c1-2-30-21-14-10-18(11-15-21)24(25(29)26-19-7-4-3-5-8-19)27(20-12-13-20)23(28)17-22-9-6-16-31-22/h6,9-11,14-16,19-20,24H,2-5,7-8,12-13,17H2,1H3,(H,26,29)/t24-/m0/s1. The van der Waals surface area contributed by atoms with E-state index in [0.29, 0.717) is 13.0 Å². The second kappa shape index (κ2) is 10.3. The Bertz CT molecular complexity index is 855. The summed E-state index contributed by atoms with van der Waals surface area (Å²) in [5.74, 6) is 0.755. The van der Waals surface area contributed by atoms with E-state index in [2.05, 4.69) is 5.32 Å². The van der Waals surface area contributed by atoms with Crippen LogP contribution >= 0.6 is 11.3 Å². The number of amides is 2. The molecule has 2 fully saturated rings. The molecule has 166 valence electrons. The molecule has 0 spiro atoms. The number of nitrogens with zero attached hydrogens (tertiary/aromatic N) is 1. The molecule has 1 N–H and O–H groups in total. The molecule has 0 bridgehead atoms. The van der Waals surface area contributed by atoms with Crippen molar-refractivity contribution in [1.29, 1.82) is 0 Å². The SMILES string of the molecule is CCOc1ccc([C@@H](C(=O)NC2CCCCC2)N(C(=O)Cc2cccs2)C2CC2)cc1. The fourth-order valence-electron chi connectivity index (χ4n) is 4.44. The van der Waals surface area contributed by atoms with Crippen LogP contribution in [0.2, 0.25) is 0 Å². The van der Waals surface area contributed by atoms with Gasteiger partial charge in [-0.25, -0.2) is 0 Å². The average molecular weight is 441 g/mol. The highest BCUT2D eigenvalue weighted by Crippen LogP contribution is 2.36. The lowest BCUT2D eigenvalue weighted by molar-refractivity contribution is -0.141. The second-order valence-electron chi connectivity index (χ2n) is 8.54. The van der Waals surface area contributed by atoms with Gasteiger partial charge in [0.2, 0.25) is 11.8 Å². The number of nitrogens with one attached hydrogen (secondary N) is 1. The van der Waals surface area contributed by atoms with Crippen LogP contribution in [0.25, 0.3) is 0 Å². The van der Waals surface area contributed by atoms with Crippen LogP contribution in [-0.2, 0) is 16.0 Å². The summed E-state index contributed by atoms with van der Waals surface area (Å²) in [7, 11) is 0. The van der Waals surface area contributed by atoms with E-state index in [1.165, 1.54) is 6.42 Å². The van der Waals surface area contributed by atoms with E-state index in [1.54, 1.807) is 11.3 Å². The Balaban J connectivity index is 1.60. The molecule has 2 amide bonds. The Labute approximate surface area is 188 Å². The minimum Gasteiger partial charge on any atom is -0.494 e. The van der Waals surface area contributed by atoms with Crippen molar-refractivity contribution in [3.05, 3.63) is 52.2 Å². The molecule has 31 heavy (non-hydrogen) atoms. The third-order valence-electron chi connectivity index (χ3n) is 6.12. The lowest BCUT2D eigenvalue weighted by Crippen LogP contribution is -2.48. The molecule has 2 aliphatic rings. The maximum atomic E-state index is 13.6. The van der Waals surface area contributed by atoms with E-state index >= 15 is 0 Å². The van der Waals surface area contributed by atoms with Gasteiger partial charge < -0.3 is 15.0 Å². The first-order chi connectivity index (χ1) is 15.2. The molecule has 0 saturated heterocycles. The van der Waals surface area contributed by atoms with E-state index in [4.69, 9.17) is 4.74 Å². The number of thiophene rings is 1. The Morgan fingerprint density at radius 3 is 2.45 bits per heavy atom. The van der Waals surface area contributed by atoms with Gasteiger partial charge in [-0.2, -0.15) is 0 Å². The van der Waals surface area contributed by atoms with E-state index in [0.717, 1.165) is 54.7 Å². The molecule has 2 aliphatic carbocycles. The highest BCUT2D eigenvalue weighted by Gasteiger charge is 2.41. The number of ether oxygens (including phenoxy) is 1. The molecule has 1 atom stereocenters. The summed E-state index contributed by atoms with van der Waals surface area (Å²) in [5.41, 5.74) is 0.850. The zero-order chi connectivity index (χ0) is 21.6. The summed E-state index contributed by atoms with van der Waals surface area (Å²) in [6.07, 6.45) is 7.86. The second-order valence-corrected chi connectivity index (χ2v) is 9.57. The minimum atomic E-state index is -0.599. The molecule has 5 nitrogen and oxygen atoms in total. The minimum absolute atomic E-state index is 0.0302. The molecule has 4 rings (SSSR count).